The Morgan fingerprint density at radius 3 is 2.23 bits per heavy atom. The molecule has 6 nitrogen and oxygen atoms in total. The van der Waals surface area contributed by atoms with Crippen molar-refractivity contribution in [2.45, 2.75) is 17.3 Å². The van der Waals surface area contributed by atoms with Crippen LogP contribution in [0.1, 0.15) is 21.5 Å². The van der Waals surface area contributed by atoms with E-state index in [0.29, 0.717) is 16.9 Å². The minimum atomic E-state index is -4.11. The number of ether oxygens (including phenoxy) is 1. The van der Waals surface area contributed by atoms with Crippen LogP contribution in [0.4, 0.5) is 5.69 Å². The number of hydrogen-bond acceptors (Lipinski definition) is 4. The molecule has 0 unspecified atom stereocenters. The minimum Gasteiger partial charge on any atom is -0.497 e. The van der Waals surface area contributed by atoms with Gasteiger partial charge in [-0.2, -0.15) is 0 Å². The zero-order chi connectivity index (χ0) is 21.7. The molecule has 3 aromatic rings. The molecule has 0 saturated heterocycles. The normalized spacial score (nSPS) is 11.1. The molecule has 0 atom stereocenters. The lowest BCUT2D eigenvalue weighted by molar-refractivity contribution is 0.0697. The number of methoxy groups -OCH3 is 1. The van der Waals surface area contributed by atoms with E-state index < -0.39 is 16.0 Å². The van der Waals surface area contributed by atoms with Gasteiger partial charge in [-0.25, -0.2) is 13.2 Å². The van der Waals surface area contributed by atoms with Gasteiger partial charge in [0.25, 0.3) is 10.0 Å². The van der Waals surface area contributed by atoms with Gasteiger partial charge in [0.2, 0.25) is 0 Å². The first kappa shape index (κ1) is 21.7. The first-order valence-electron chi connectivity index (χ1n) is 9.00. The molecule has 30 heavy (non-hydrogen) atoms. The summed E-state index contributed by atoms with van der Waals surface area (Å²) in [6.07, 6.45) is 0. The maximum Gasteiger partial charge on any atom is 0.337 e. The van der Waals surface area contributed by atoms with E-state index in [-0.39, 0.29) is 28.6 Å². The fraction of sp³-hybridized carbons (Fsp3) is 0.136. The smallest absolute Gasteiger partial charge is 0.337 e. The van der Waals surface area contributed by atoms with Crippen LogP contribution in [0.15, 0.2) is 77.7 Å². The predicted octanol–water partition coefficient (Wildman–Crippen LogP) is 4.53. The highest BCUT2D eigenvalue weighted by molar-refractivity contribution is 7.92. The van der Waals surface area contributed by atoms with Crippen LogP contribution in [0.5, 0.6) is 5.75 Å². The summed E-state index contributed by atoms with van der Waals surface area (Å²) < 4.78 is 33.5. The van der Waals surface area contributed by atoms with Gasteiger partial charge in [0.1, 0.15) is 5.75 Å². The summed E-state index contributed by atoms with van der Waals surface area (Å²) in [6, 6.07) is 19.4. The summed E-state index contributed by atoms with van der Waals surface area (Å²) in [5.41, 5.74) is 1.03. The van der Waals surface area contributed by atoms with E-state index >= 15 is 0 Å². The topological polar surface area (TPSA) is 83.9 Å². The van der Waals surface area contributed by atoms with Crippen molar-refractivity contribution in [3.63, 3.8) is 0 Å². The summed E-state index contributed by atoms with van der Waals surface area (Å²) in [5.74, 6) is -0.768. The molecule has 156 valence electrons. The summed E-state index contributed by atoms with van der Waals surface area (Å²) in [7, 11) is -2.62. The Morgan fingerprint density at radius 1 is 1.00 bits per heavy atom. The molecule has 0 radical (unpaired) electrons. The molecule has 8 heteroatoms. The van der Waals surface area contributed by atoms with Crippen molar-refractivity contribution in [1.29, 1.82) is 0 Å². The Morgan fingerprint density at radius 2 is 1.67 bits per heavy atom. The third-order valence-corrected chi connectivity index (χ3v) is 6.61. The molecule has 0 heterocycles. The number of hydrogen-bond donors (Lipinski definition) is 1. The average molecular weight is 446 g/mol. The van der Waals surface area contributed by atoms with Gasteiger partial charge in [-0.1, -0.05) is 42.5 Å². The van der Waals surface area contributed by atoms with Gasteiger partial charge in [-0.3, -0.25) is 4.31 Å². The second-order valence-electron chi connectivity index (χ2n) is 6.42. The molecule has 0 aliphatic carbocycles. The molecule has 3 aromatic carbocycles. The number of nitrogens with zero attached hydrogens (tertiary/aromatic N) is 1. The van der Waals surface area contributed by atoms with E-state index in [2.05, 4.69) is 0 Å². The molecule has 3 rings (SSSR count). The molecular formula is C22H20ClNO5S. The van der Waals surface area contributed by atoms with Gasteiger partial charge >= 0.3 is 5.97 Å². The van der Waals surface area contributed by atoms with E-state index in [1.54, 1.807) is 48.5 Å². The third-order valence-electron chi connectivity index (χ3n) is 4.56. The van der Waals surface area contributed by atoms with Crippen LogP contribution in [0.3, 0.4) is 0 Å². The number of carboxylic acids is 1. The molecule has 0 bridgehead atoms. The van der Waals surface area contributed by atoms with Crippen LogP contribution < -0.4 is 9.04 Å². The second kappa shape index (κ2) is 9.19. The van der Waals surface area contributed by atoms with Gasteiger partial charge in [0.05, 0.1) is 29.8 Å². The zero-order valence-corrected chi connectivity index (χ0v) is 17.7. The molecule has 0 spiro atoms. The van der Waals surface area contributed by atoms with Crippen LogP contribution in [0.25, 0.3) is 0 Å². The van der Waals surface area contributed by atoms with Crippen LogP contribution >= 0.6 is 11.6 Å². The van der Waals surface area contributed by atoms with Crippen molar-refractivity contribution in [3.05, 3.63) is 89.5 Å². The lowest BCUT2D eigenvalue weighted by atomic mass is 10.1. The van der Waals surface area contributed by atoms with Gasteiger partial charge in [0, 0.05) is 5.88 Å². The van der Waals surface area contributed by atoms with Crippen molar-refractivity contribution >= 4 is 33.3 Å². The van der Waals surface area contributed by atoms with Gasteiger partial charge in [0.15, 0.2) is 0 Å². The maximum atomic E-state index is 13.6. The zero-order valence-electron chi connectivity index (χ0n) is 16.2. The number of carboxylic acid groups (broad SMARTS) is 1. The lowest BCUT2D eigenvalue weighted by Gasteiger charge is -2.28. The number of para-hydroxylation sites is 1. The molecule has 0 fully saturated rings. The van der Waals surface area contributed by atoms with Crippen LogP contribution in [-0.4, -0.2) is 26.6 Å². The van der Waals surface area contributed by atoms with Crippen LogP contribution in [0.2, 0.25) is 0 Å². The second-order valence-corrected chi connectivity index (χ2v) is 8.55. The van der Waals surface area contributed by atoms with E-state index in [9.17, 15) is 18.3 Å². The van der Waals surface area contributed by atoms with E-state index in [4.69, 9.17) is 16.3 Å². The molecular weight excluding hydrogens is 426 g/mol. The Balaban J connectivity index is 2.23. The quantitative estimate of drug-likeness (QED) is 0.515. The average Bonchev–Trinajstić information content (AvgIpc) is 2.77. The number of carbonyl (C=O) groups is 1. The number of alkyl halides is 1. The van der Waals surface area contributed by atoms with Crippen LogP contribution in [0, 0.1) is 0 Å². The monoisotopic (exact) mass is 445 g/mol. The van der Waals surface area contributed by atoms with E-state index in [0.717, 1.165) is 4.31 Å². The van der Waals surface area contributed by atoms with Gasteiger partial charge < -0.3 is 9.84 Å². The largest absolute Gasteiger partial charge is 0.497 e. The Bertz CT molecular complexity index is 1130. The number of aromatic carboxylic acids is 1. The van der Waals surface area contributed by atoms with Crippen molar-refractivity contribution in [3.8, 4) is 5.75 Å². The number of anilines is 1. The van der Waals surface area contributed by atoms with Gasteiger partial charge in [-0.05, 0) is 41.5 Å². The fourth-order valence-electron chi connectivity index (χ4n) is 3.07. The van der Waals surface area contributed by atoms with Crippen molar-refractivity contribution in [2.75, 3.05) is 11.4 Å². The van der Waals surface area contributed by atoms with Crippen LogP contribution in [-0.2, 0) is 22.4 Å². The number of halogens is 1. The Hall–Kier alpha value is -3.03. The summed E-state index contributed by atoms with van der Waals surface area (Å²) >= 11 is 6.06. The predicted molar refractivity (Wildman–Crippen MR) is 116 cm³/mol. The number of rotatable bonds is 8. The van der Waals surface area contributed by atoms with E-state index in [1.807, 2.05) is 6.07 Å². The fourth-order valence-corrected chi connectivity index (χ4v) is 4.80. The minimum absolute atomic E-state index is 0.0138. The number of sulfonamides is 1. The Labute approximate surface area is 180 Å². The molecule has 0 amide bonds. The first-order chi connectivity index (χ1) is 14.4. The highest BCUT2D eigenvalue weighted by Gasteiger charge is 2.30. The number of benzene rings is 3. The third kappa shape index (κ3) is 4.42. The summed E-state index contributed by atoms with van der Waals surface area (Å²) in [4.78, 5) is 11.9. The standard InChI is InChI=1S/C22H20ClNO5S/c1-29-18-10-12-19(13-11-18)30(27,28)24(15-16-6-3-2-4-7-16)21-17(14-23)8-5-9-20(21)22(25)26/h2-13H,14-15H2,1H3,(H,25,26). The summed E-state index contributed by atoms with van der Waals surface area (Å²) in [5, 5.41) is 9.72. The van der Waals surface area contributed by atoms with E-state index in [1.165, 1.54) is 25.3 Å². The van der Waals surface area contributed by atoms with Crippen molar-refractivity contribution in [1.82, 2.24) is 0 Å². The summed E-state index contributed by atoms with van der Waals surface area (Å²) in [6.45, 7) is -0.0522. The SMILES string of the molecule is COc1ccc(S(=O)(=O)N(Cc2ccccc2)c2c(CCl)cccc2C(=O)O)cc1. The molecule has 0 aromatic heterocycles. The molecule has 0 aliphatic rings. The van der Waals surface area contributed by atoms with Gasteiger partial charge in [-0.15, -0.1) is 11.6 Å². The molecule has 1 N–H and O–H groups in total. The van der Waals surface area contributed by atoms with Crippen molar-refractivity contribution in [2.24, 2.45) is 0 Å². The maximum absolute atomic E-state index is 13.6. The highest BCUT2D eigenvalue weighted by atomic mass is 35.5. The lowest BCUT2D eigenvalue weighted by Crippen LogP contribution is -2.32. The van der Waals surface area contributed by atoms with Crippen molar-refractivity contribution < 1.29 is 23.1 Å². The molecule has 0 saturated carbocycles. The first-order valence-corrected chi connectivity index (χ1v) is 11.0. The highest BCUT2D eigenvalue weighted by Crippen LogP contribution is 2.34. The Kier molecular flexibility index (Phi) is 6.64. The molecule has 0 aliphatic heterocycles.